The molecule has 1 aliphatic heterocycles. The van der Waals surface area contributed by atoms with Crippen LogP contribution in [0.15, 0.2) is 12.1 Å². The third-order valence-corrected chi connectivity index (χ3v) is 6.21. The van der Waals surface area contributed by atoms with E-state index in [1.54, 1.807) is 0 Å². The summed E-state index contributed by atoms with van der Waals surface area (Å²) in [5, 5.41) is 16.3. The first-order chi connectivity index (χ1) is 14.1. The summed E-state index contributed by atoms with van der Waals surface area (Å²) in [4.78, 5) is 28.9. The molecule has 3 aliphatic rings. The average molecular weight is 396 g/mol. The van der Waals surface area contributed by atoms with Gasteiger partial charge in [-0.15, -0.1) is 9.53 Å². The fraction of sp³-hybridized carbons (Fsp3) is 0.524. The van der Waals surface area contributed by atoms with Crippen LogP contribution in [0.1, 0.15) is 62.5 Å². The zero-order chi connectivity index (χ0) is 20.0. The second kappa shape index (κ2) is 7.35. The van der Waals surface area contributed by atoms with E-state index in [1.165, 1.54) is 4.68 Å². The van der Waals surface area contributed by atoms with Crippen LogP contribution in [0.3, 0.4) is 0 Å². The first-order valence-electron chi connectivity index (χ1n) is 10.4. The van der Waals surface area contributed by atoms with Crippen LogP contribution in [-0.2, 0) is 24.1 Å². The molecule has 1 fully saturated rings. The summed E-state index contributed by atoms with van der Waals surface area (Å²) in [7, 11) is 0. The van der Waals surface area contributed by atoms with Crippen molar-refractivity contribution in [3.05, 3.63) is 51.0 Å². The molecular weight excluding hydrogens is 372 g/mol. The number of benzene rings is 1. The molecule has 8 nitrogen and oxygen atoms in total. The lowest BCUT2D eigenvalue weighted by atomic mass is 9.82. The van der Waals surface area contributed by atoms with Crippen molar-refractivity contribution >= 4 is 11.6 Å². The zero-order valence-electron chi connectivity index (χ0n) is 16.4. The second-order valence-corrected chi connectivity index (χ2v) is 8.02. The molecule has 29 heavy (non-hydrogen) atoms. The van der Waals surface area contributed by atoms with E-state index < -0.39 is 5.78 Å². The van der Waals surface area contributed by atoms with Crippen molar-refractivity contribution in [2.24, 2.45) is 0 Å². The van der Waals surface area contributed by atoms with Gasteiger partial charge in [0.1, 0.15) is 6.54 Å². The zero-order valence-corrected chi connectivity index (χ0v) is 16.4. The van der Waals surface area contributed by atoms with E-state index in [2.05, 4.69) is 10.1 Å². The summed E-state index contributed by atoms with van der Waals surface area (Å²) in [6.45, 7) is 4.48. The van der Waals surface area contributed by atoms with E-state index in [9.17, 15) is 14.8 Å². The van der Waals surface area contributed by atoms with Crippen molar-refractivity contribution in [1.29, 1.82) is 0 Å². The summed E-state index contributed by atoms with van der Waals surface area (Å²) >= 11 is 0. The Morgan fingerprint density at radius 2 is 1.66 bits per heavy atom. The maximum Gasteiger partial charge on any atom is 0.254 e. The number of rotatable bonds is 4. The second-order valence-electron chi connectivity index (χ2n) is 8.02. The highest BCUT2D eigenvalue weighted by molar-refractivity contribution is 6.26. The molecule has 0 saturated carbocycles. The van der Waals surface area contributed by atoms with Crippen LogP contribution < -0.4 is 4.85 Å². The number of ketones is 2. The first-order valence-corrected chi connectivity index (χ1v) is 10.4. The third kappa shape index (κ3) is 3.16. The van der Waals surface area contributed by atoms with Crippen molar-refractivity contribution in [2.45, 2.75) is 38.6 Å². The number of carbonyl (C=O) groups excluding carboxylic acids is 2. The Morgan fingerprint density at radius 1 is 1.00 bits per heavy atom. The van der Waals surface area contributed by atoms with Gasteiger partial charge in [-0.3, -0.25) is 14.5 Å². The largest absolute Gasteiger partial charge is 0.691 e. The molecule has 1 saturated heterocycles. The van der Waals surface area contributed by atoms with Gasteiger partial charge in [0.05, 0.1) is 18.4 Å². The molecule has 0 unspecified atom stereocenters. The number of morpholine rings is 1. The Hall–Kier alpha value is -2.58. The quantitative estimate of drug-likeness (QED) is 0.481. The number of carbonyl (C=O) groups is 2. The fourth-order valence-corrected chi connectivity index (χ4v) is 4.66. The van der Waals surface area contributed by atoms with Gasteiger partial charge in [0.2, 0.25) is 11.6 Å². The minimum atomic E-state index is -0.391. The van der Waals surface area contributed by atoms with Crippen LogP contribution >= 0.6 is 0 Å². The lowest BCUT2D eigenvalue weighted by Gasteiger charge is -2.26. The molecular formula is C21H24N4O4. The third-order valence-electron chi connectivity index (χ3n) is 6.21. The van der Waals surface area contributed by atoms with E-state index in [4.69, 9.17) is 4.74 Å². The van der Waals surface area contributed by atoms with E-state index in [1.807, 2.05) is 12.1 Å². The number of aryl methyl sites for hydroxylation is 3. The molecule has 0 bridgehead atoms. The Morgan fingerprint density at radius 3 is 2.34 bits per heavy atom. The molecule has 1 aromatic heterocycles. The monoisotopic (exact) mass is 396 g/mol. The predicted octanol–water partition coefficient (Wildman–Crippen LogP) is 0.893. The number of aromatic nitrogens is 3. The fourth-order valence-electron chi connectivity index (χ4n) is 4.66. The maximum atomic E-state index is 13.2. The van der Waals surface area contributed by atoms with Crippen molar-refractivity contribution in [3.8, 4) is 0 Å². The van der Waals surface area contributed by atoms with Crippen LogP contribution in [0.2, 0.25) is 0 Å². The van der Waals surface area contributed by atoms with Crippen LogP contribution in [0.4, 0.5) is 0 Å². The Labute approximate surface area is 168 Å². The molecule has 0 amide bonds. The number of fused-ring (bicyclic) bond motifs is 3. The van der Waals surface area contributed by atoms with Crippen LogP contribution in [-0.4, -0.2) is 59.2 Å². The molecule has 5 rings (SSSR count). The summed E-state index contributed by atoms with van der Waals surface area (Å²) < 4.78 is 6.78. The smallest absolute Gasteiger partial charge is 0.254 e. The number of hydrogen-bond donors (Lipinski definition) is 0. The van der Waals surface area contributed by atoms with Crippen LogP contribution in [0.5, 0.6) is 0 Å². The molecule has 0 spiro atoms. The highest BCUT2D eigenvalue weighted by Crippen LogP contribution is 2.31. The number of hydrogen-bond acceptors (Lipinski definition) is 6. The Bertz CT molecular complexity index is 991. The first kappa shape index (κ1) is 18.4. The molecule has 0 atom stereocenters. The molecule has 2 aromatic rings. The van der Waals surface area contributed by atoms with E-state index in [-0.39, 0.29) is 17.2 Å². The van der Waals surface area contributed by atoms with Gasteiger partial charge in [0, 0.05) is 37.2 Å². The number of ether oxygens (including phenoxy) is 1. The normalized spacial score (nSPS) is 19.0. The lowest BCUT2D eigenvalue weighted by molar-refractivity contribution is -0.672. The van der Waals surface area contributed by atoms with Gasteiger partial charge in [-0.05, 0) is 48.9 Å². The summed E-state index contributed by atoms with van der Waals surface area (Å²) in [5.41, 5.74) is 3.03. The molecule has 1 aromatic carbocycles. The summed E-state index contributed by atoms with van der Waals surface area (Å²) in [5.74, 6) is -0.658. The molecule has 2 aliphatic carbocycles. The van der Waals surface area contributed by atoms with Crippen LogP contribution in [0, 0.1) is 5.21 Å². The summed E-state index contributed by atoms with van der Waals surface area (Å²) in [6.07, 6.45) is 4.76. The Balaban J connectivity index is 1.43. The van der Waals surface area contributed by atoms with Crippen LogP contribution in [0.25, 0.3) is 0 Å². The molecule has 2 heterocycles. The minimum Gasteiger partial charge on any atom is -0.691 e. The van der Waals surface area contributed by atoms with Gasteiger partial charge >= 0.3 is 0 Å². The van der Waals surface area contributed by atoms with E-state index in [0.717, 1.165) is 76.1 Å². The number of nitrogens with zero attached hydrogens (tertiary/aromatic N) is 4. The van der Waals surface area contributed by atoms with Gasteiger partial charge in [-0.2, -0.15) is 0 Å². The minimum absolute atomic E-state index is 0.134. The predicted molar refractivity (Wildman–Crippen MR) is 103 cm³/mol. The van der Waals surface area contributed by atoms with Crippen molar-refractivity contribution in [3.63, 3.8) is 0 Å². The van der Waals surface area contributed by atoms with Gasteiger partial charge in [0.25, 0.3) is 11.4 Å². The highest BCUT2D eigenvalue weighted by Gasteiger charge is 2.41. The Kier molecular flexibility index (Phi) is 4.67. The average Bonchev–Trinajstić information content (AvgIpc) is 3.08. The molecule has 0 radical (unpaired) electrons. The maximum absolute atomic E-state index is 13.2. The van der Waals surface area contributed by atoms with Crippen molar-refractivity contribution in [1.82, 2.24) is 14.8 Å². The van der Waals surface area contributed by atoms with Crippen molar-refractivity contribution < 1.29 is 19.2 Å². The van der Waals surface area contributed by atoms with Gasteiger partial charge in [-0.1, -0.05) is 0 Å². The van der Waals surface area contributed by atoms with Crippen molar-refractivity contribution in [2.75, 3.05) is 32.8 Å². The van der Waals surface area contributed by atoms with Gasteiger partial charge in [0.15, 0.2) is 0 Å². The van der Waals surface area contributed by atoms with E-state index in [0.29, 0.717) is 22.5 Å². The molecule has 152 valence electrons. The molecule has 0 N–H and O–H groups in total. The summed E-state index contributed by atoms with van der Waals surface area (Å²) in [6, 6.07) is 3.69. The standard InChI is InChI=1S/C21H24N4O4/c26-20-16-12-14-4-1-2-5-15(14)13-17(16)21(27)19-18(20)24(22-25(19)28)7-3-6-23-8-10-29-11-9-23/h12-13H,1-11H2. The van der Waals surface area contributed by atoms with Gasteiger partial charge < -0.3 is 9.94 Å². The van der Waals surface area contributed by atoms with Gasteiger partial charge in [-0.25, -0.2) is 0 Å². The molecule has 8 heteroatoms. The van der Waals surface area contributed by atoms with E-state index >= 15 is 0 Å². The lowest BCUT2D eigenvalue weighted by Crippen LogP contribution is -2.38. The topological polar surface area (TPSA) is 91.4 Å². The highest BCUT2D eigenvalue weighted by atomic mass is 16.5. The SMILES string of the molecule is O=C1c2cc3c(cc2C(=O)c2c1n(CCCN1CCOCC1)n[n+]2[O-])CCCC3.